The molecule has 1 aromatic heterocycles. The number of nitrogens with zero attached hydrogens (tertiary/aromatic N) is 2. The number of rotatable bonds is 5. The van der Waals surface area contributed by atoms with E-state index >= 15 is 0 Å². The third kappa shape index (κ3) is 3.42. The molecule has 0 unspecified atom stereocenters. The topological polar surface area (TPSA) is 62.7 Å². The summed E-state index contributed by atoms with van der Waals surface area (Å²) < 4.78 is 5.43. The summed E-state index contributed by atoms with van der Waals surface area (Å²) in [6, 6.07) is 3.64. The first-order valence-electron chi connectivity index (χ1n) is 5.74. The van der Waals surface area contributed by atoms with Crippen molar-refractivity contribution in [3.63, 3.8) is 0 Å². The van der Waals surface area contributed by atoms with E-state index in [-0.39, 0.29) is 12.0 Å². The third-order valence-corrected chi connectivity index (χ3v) is 2.65. The van der Waals surface area contributed by atoms with E-state index in [0.717, 1.165) is 5.75 Å². The van der Waals surface area contributed by atoms with Crippen LogP contribution in [0.2, 0.25) is 0 Å². The molecule has 0 atom stereocenters. The standard InChI is InChI=1S/C12H16N2O3/c15-10-8-14(9-10)12(16)4-2-6-17-11-3-1-5-13-7-11/h1,3,5,7,10,15H,2,4,6,8-9H2. The van der Waals surface area contributed by atoms with Gasteiger partial charge in [-0.2, -0.15) is 0 Å². The molecule has 17 heavy (non-hydrogen) atoms. The number of likely N-dealkylation sites (tertiary alicyclic amines) is 1. The molecule has 1 aliphatic rings. The summed E-state index contributed by atoms with van der Waals surface area (Å²) in [7, 11) is 0. The van der Waals surface area contributed by atoms with Gasteiger partial charge in [-0.15, -0.1) is 0 Å². The highest BCUT2D eigenvalue weighted by Crippen LogP contribution is 2.11. The molecule has 1 aromatic rings. The fraction of sp³-hybridized carbons (Fsp3) is 0.500. The minimum absolute atomic E-state index is 0.0880. The normalized spacial score (nSPS) is 15.5. The van der Waals surface area contributed by atoms with Crippen LogP contribution in [0.1, 0.15) is 12.8 Å². The molecule has 1 N–H and O–H groups in total. The van der Waals surface area contributed by atoms with Gasteiger partial charge in [-0.05, 0) is 18.6 Å². The van der Waals surface area contributed by atoms with Gasteiger partial charge >= 0.3 is 0 Å². The van der Waals surface area contributed by atoms with Crippen LogP contribution in [0.5, 0.6) is 5.75 Å². The van der Waals surface area contributed by atoms with Crippen LogP contribution in [0.4, 0.5) is 0 Å². The zero-order valence-corrected chi connectivity index (χ0v) is 9.58. The molecule has 0 radical (unpaired) electrons. The van der Waals surface area contributed by atoms with Crippen molar-refractivity contribution >= 4 is 5.91 Å². The molecule has 92 valence electrons. The molecule has 0 spiro atoms. The zero-order chi connectivity index (χ0) is 12.1. The molecule has 1 fully saturated rings. The second-order valence-electron chi connectivity index (χ2n) is 4.09. The zero-order valence-electron chi connectivity index (χ0n) is 9.58. The van der Waals surface area contributed by atoms with Crippen molar-refractivity contribution in [2.75, 3.05) is 19.7 Å². The Morgan fingerprint density at radius 2 is 2.41 bits per heavy atom. The second-order valence-corrected chi connectivity index (χ2v) is 4.09. The van der Waals surface area contributed by atoms with Gasteiger partial charge in [0.15, 0.2) is 0 Å². The highest BCUT2D eigenvalue weighted by atomic mass is 16.5. The Morgan fingerprint density at radius 1 is 1.59 bits per heavy atom. The average Bonchev–Trinajstić information content (AvgIpc) is 2.32. The first-order chi connectivity index (χ1) is 8.25. The highest BCUT2D eigenvalue weighted by molar-refractivity contribution is 5.77. The SMILES string of the molecule is O=C(CCCOc1cccnc1)N1CC(O)C1. The van der Waals surface area contributed by atoms with Crippen LogP contribution >= 0.6 is 0 Å². The van der Waals surface area contributed by atoms with Gasteiger partial charge in [0.25, 0.3) is 0 Å². The maximum absolute atomic E-state index is 11.5. The van der Waals surface area contributed by atoms with E-state index in [0.29, 0.717) is 32.5 Å². The summed E-state index contributed by atoms with van der Waals surface area (Å²) in [5.41, 5.74) is 0. The quantitative estimate of drug-likeness (QED) is 0.754. The molecule has 0 aliphatic carbocycles. The van der Waals surface area contributed by atoms with Crippen LogP contribution in [-0.4, -0.2) is 46.7 Å². The van der Waals surface area contributed by atoms with Gasteiger partial charge in [-0.1, -0.05) is 0 Å². The smallest absolute Gasteiger partial charge is 0.222 e. The Balaban J connectivity index is 1.59. The Bertz CT molecular complexity index is 363. The van der Waals surface area contributed by atoms with Crippen molar-refractivity contribution in [1.29, 1.82) is 0 Å². The molecule has 1 amide bonds. The lowest BCUT2D eigenvalue weighted by molar-refractivity contribution is -0.141. The van der Waals surface area contributed by atoms with Gasteiger partial charge in [-0.3, -0.25) is 9.78 Å². The molecular formula is C12H16N2O3. The summed E-state index contributed by atoms with van der Waals surface area (Å²) in [4.78, 5) is 17.1. The maximum Gasteiger partial charge on any atom is 0.222 e. The Hall–Kier alpha value is -1.62. The number of carbonyl (C=O) groups excluding carboxylic acids is 1. The first-order valence-corrected chi connectivity index (χ1v) is 5.74. The van der Waals surface area contributed by atoms with Crippen molar-refractivity contribution in [2.24, 2.45) is 0 Å². The monoisotopic (exact) mass is 236 g/mol. The van der Waals surface area contributed by atoms with Crippen molar-refractivity contribution in [3.8, 4) is 5.75 Å². The summed E-state index contributed by atoms with van der Waals surface area (Å²) >= 11 is 0. The number of carbonyl (C=O) groups is 1. The van der Waals surface area contributed by atoms with Gasteiger partial charge in [0.05, 0.1) is 18.9 Å². The number of pyridine rings is 1. The van der Waals surface area contributed by atoms with Gasteiger partial charge < -0.3 is 14.7 Å². The molecule has 5 nitrogen and oxygen atoms in total. The van der Waals surface area contributed by atoms with E-state index < -0.39 is 0 Å². The Kier molecular flexibility index (Phi) is 3.93. The minimum Gasteiger partial charge on any atom is -0.492 e. The third-order valence-electron chi connectivity index (χ3n) is 2.65. The molecule has 5 heteroatoms. The predicted molar refractivity (Wildman–Crippen MR) is 61.6 cm³/mol. The van der Waals surface area contributed by atoms with E-state index in [9.17, 15) is 4.79 Å². The number of amides is 1. The van der Waals surface area contributed by atoms with Crippen molar-refractivity contribution < 1.29 is 14.6 Å². The lowest BCUT2D eigenvalue weighted by Crippen LogP contribution is -2.53. The Morgan fingerprint density at radius 3 is 3.06 bits per heavy atom. The van der Waals surface area contributed by atoms with Crippen LogP contribution in [0, 0.1) is 0 Å². The number of hydrogen-bond acceptors (Lipinski definition) is 4. The van der Waals surface area contributed by atoms with E-state index in [1.165, 1.54) is 0 Å². The van der Waals surface area contributed by atoms with Crippen LogP contribution in [0.3, 0.4) is 0 Å². The number of aliphatic hydroxyl groups excluding tert-OH is 1. The summed E-state index contributed by atoms with van der Waals surface area (Å²) in [6.45, 7) is 1.46. The maximum atomic E-state index is 11.5. The van der Waals surface area contributed by atoms with Crippen molar-refractivity contribution in [2.45, 2.75) is 18.9 Å². The van der Waals surface area contributed by atoms with E-state index in [4.69, 9.17) is 9.84 Å². The number of β-amino-alcohol motifs (C(OH)–C–C–N with tert-alkyl or cyclic N) is 1. The lowest BCUT2D eigenvalue weighted by atomic mass is 10.1. The van der Waals surface area contributed by atoms with Gasteiger partial charge in [0.1, 0.15) is 5.75 Å². The lowest BCUT2D eigenvalue weighted by Gasteiger charge is -2.35. The Labute approximate surface area is 100 Å². The van der Waals surface area contributed by atoms with E-state index in [2.05, 4.69) is 4.98 Å². The highest BCUT2D eigenvalue weighted by Gasteiger charge is 2.27. The second kappa shape index (κ2) is 5.63. The largest absolute Gasteiger partial charge is 0.492 e. The summed E-state index contributed by atoms with van der Waals surface area (Å²) in [5.74, 6) is 0.810. The van der Waals surface area contributed by atoms with Crippen LogP contribution in [0.25, 0.3) is 0 Å². The van der Waals surface area contributed by atoms with Gasteiger partial charge in [-0.25, -0.2) is 0 Å². The van der Waals surface area contributed by atoms with Crippen LogP contribution in [0.15, 0.2) is 24.5 Å². The van der Waals surface area contributed by atoms with Gasteiger partial charge in [0, 0.05) is 25.7 Å². The first kappa shape index (κ1) is 11.9. The predicted octanol–water partition coefficient (Wildman–Crippen LogP) is 0.444. The molecule has 1 saturated heterocycles. The van der Waals surface area contributed by atoms with Crippen LogP contribution in [-0.2, 0) is 4.79 Å². The number of ether oxygens (including phenoxy) is 1. The van der Waals surface area contributed by atoms with Crippen molar-refractivity contribution in [1.82, 2.24) is 9.88 Å². The molecule has 0 bridgehead atoms. The van der Waals surface area contributed by atoms with Crippen molar-refractivity contribution in [3.05, 3.63) is 24.5 Å². The summed E-state index contributed by atoms with van der Waals surface area (Å²) in [5, 5.41) is 9.06. The van der Waals surface area contributed by atoms with E-state index in [1.54, 1.807) is 17.3 Å². The van der Waals surface area contributed by atoms with Gasteiger partial charge in [0.2, 0.25) is 5.91 Å². The van der Waals surface area contributed by atoms with Crippen LogP contribution < -0.4 is 4.74 Å². The minimum atomic E-state index is -0.328. The number of hydrogen-bond donors (Lipinski definition) is 1. The average molecular weight is 236 g/mol. The molecule has 2 heterocycles. The molecule has 2 rings (SSSR count). The number of aliphatic hydroxyl groups is 1. The van der Waals surface area contributed by atoms with E-state index in [1.807, 2.05) is 12.1 Å². The fourth-order valence-corrected chi connectivity index (χ4v) is 1.66. The number of aromatic nitrogens is 1. The fourth-order valence-electron chi connectivity index (χ4n) is 1.66. The molecule has 0 aromatic carbocycles. The summed E-state index contributed by atoms with van der Waals surface area (Å²) in [6.07, 6.45) is 4.15. The molecule has 1 aliphatic heterocycles. The molecule has 0 saturated carbocycles. The molecular weight excluding hydrogens is 220 g/mol.